The summed E-state index contributed by atoms with van der Waals surface area (Å²) in [5.41, 5.74) is 1.55. The van der Waals surface area contributed by atoms with Gasteiger partial charge in [0.2, 0.25) is 0 Å². The van der Waals surface area contributed by atoms with E-state index in [4.69, 9.17) is 0 Å². The van der Waals surface area contributed by atoms with Crippen molar-refractivity contribution in [2.75, 3.05) is 0 Å². The molecule has 1 heteroatoms. The number of piperidine rings is 1. The lowest BCUT2D eigenvalue weighted by Crippen LogP contribution is -2.45. The van der Waals surface area contributed by atoms with E-state index >= 15 is 0 Å². The van der Waals surface area contributed by atoms with Gasteiger partial charge < -0.3 is 5.32 Å². The van der Waals surface area contributed by atoms with Gasteiger partial charge in [-0.05, 0) is 51.4 Å². The molecule has 0 aromatic rings. The zero-order valence-corrected chi connectivity index (χ0v) is 8.19. The molecule has 2 fully saturated rings. The third kappa shape index (κ3) is 1.65. The van der Waals surface area contributed by atoms with E-state index in [0.29, 0.717) is 5.54 Å². The van der Waals surface area contributed by atoms with Gasteiger partial charge in [-0.1, -0.05) is 6.58 Å². The maximum absolute atomic E-state index is 4.06. The van der Waals surface area contributed by atoms with Crippen LogP contribution in [-0.4, -0.2) is 5.54 Å². The second-order valence-corrected chi connectivity index (χ2v) is 5.12. The summed E-state index contributed by atoms with van der Waals surface area (Å²) in [6, 6.07) is 0. The molecule has 1 heterocycles. The number of hydrogen-bond acceptors (Lipinski definition) is 1. The molecule has 0 bridgehead atoms. The summed E-state index contributed by atoms with van der Waals surface area (Å²) in [7, 11) is 0. The monoisotopic (exact) mass is 165 g/mol. The smallest absolute Gasteiger partial charge is 0.0317 e. The Balaban J connectivity index is 2.02. The molecular weight excluding hydrogens is 146 g/mol. The lowest BCUT2D eigenvalue weighted by molar-refractivity contribution is 0.244. The largest absolute Gasteiger partial charge is 0.384 e. The van der Waals surface area contributed by atoms with Gasteiger partial charge in [-0.3, -0.25) is 0 Å². The Bertz CT molecular complexity index is 201. The van der Waals surface area contributed by atoms with Crippen molar-refractivity contribution in [2.45, 2.75) is 45.1 Å². The van der Waals surface area contributed by atoms with Crippen LogP contribution >= 0.6 is 0 Å². The molecule has 2 aliphatic rings. The first kappa shape index (κ1) is 8.15. The number of allylic oxidation sites excluding steroid dienone is 1. The van der Waals surface area contributed by atoms with E-state index in [9.17, 15) is 0 Å². The fourth-order valence-corrected chi connectivity index (χ4v) is 2.53. The molecule has 0 spiro atoms. The van der Waals surface area contributed by atoms with Gasteiger partial charge in [0.05, 0.1) is 0 Å². The van der Waals surface area contributed by atoms with Gasteiger partial charge in [-0.2, -0.15) is 0 Å². The average Bonchev–Trinajstić information content (AvgIpc) is 2.61. The number of hydrogen-bond donors (Lipinski definition) is 1. The molecule has 12 heavy (non-hydrogen) atoms. The zero-order valence-electron chi connectivity index (χ0n) is 8.19. The quantitative estimate of drug-likeness (QED) is 0.630. The van der Waals surface area contributed by atoms with Crippen LogP contribution in [0.5, 0.6) is 0 Å². The Hall–Kier alpha value is -0.460. The third-order valence-corrected chi connectivity index (χ3v) is 3.08. The molecule has 1 unspecified atom stereocenters. The summed E-state index contributed by atoms with van der Waals surface area (Å²) in [6.45, 7) is 8.63. The molecule has 1 aliphatic carbocycles. The Morgan fingerprint density at radius 1 is 1.33 bits per heavy atom. The van der Waals surface area contributed by atoms with Gasteiger partial charge in [0.25, 0.3) is 0 Å². The van der Waals surface area contributed by atoms with Crippen molar-refractivity contribution in [1.29, 1.82) is 0 Å². The fraction of sp³-hybridized carbons (Fsp3) is 0.818. The van der Waals surface area contributed by atoms with Gasteiger partial charge in [0.1, 0.15) is 0 Å². The standard InChI is InChI=1S/C11H19N/c1-8-6-10(9-4-5-9)7-11(2,3)12-8/h9-10,12H,1,4-7H2,2-3H3. The highest BCUT2D eigenvalue weighted by Crippen LogP contribution is 2.45. The SMILES string of the molecule is C=C1CC(C2CC2)CC(C)(C)N1. The molecule has 68 valence electrons. The van der Waals surface area contributed by atoms with E-state index in [1.54, 1.807) is 0 Å². The van der Waals surface area contributed by atoms with Crippen molar-refractivity contribution in [3.05, 3.63) is 12.3 Å². The molecule has 1 saturated carbocycles. The molecule has 0 radical (unpaired) electrons. The molecule has 1 aliphatic heterocycles. The van der Waals surface area contributed by atoms with Crippen molar-refractivity contribution in [2.24, 2.45) is 11.8 Å². The van der Waals surface area contributed by atoms with Crippen LogP contribution in [0.1, 0.15) is 39.5 Å². The van der Waals surface area contributed by atoms with Crippen molar-refractivity contribution in [1.82, 2.24) is 5.32 Å². The van der Waals surface area contributed by atoms with Gasteiger partial charge in [0.15, 0.2) is 0 Å². The molecule has 1 atom stereocenters. The lowest BCUT2D eigenvalue weighted by atomic mass is 9.81. The molecule has 1 nitrogen and oxygen atoms in total. The zero-order chi connectivity index (χ0) is 8.77. The summed E-state index contributed by atoms with van der Waals surface area (Å²) in [6.07, 6.45) is 5.48. The first-order valence-electron chi connectivity index (χ1n) is 5.03. The Labute approximate surface area is 75.2 Å². The molecule has 0 amide bonds. The van der Waals surface area contributed by atoms with Crippen molar-refractivity contribution >= 4 is 0 Å². The Kier molecular flexibility index (Phi) is 1.71. The minimum absolute atomic E-state index is 0.294. The molecule has 0 aromatic heterocycles. The first-order valence-corrected chi connectivity index (χ1v) is 5.03. The topological polar surface area (TPSA) is 12.0 Å². The number of nitrogens with one attached hydrogen (secondary N) is 1. The van der Waals surface area contributed by atoms with Crippen molar-refractivity contribution in [3.8, 4) is 0 Å². The number of rotatable bonds is 1. The van der Waals surface area contributed by atoms with Gasteiger partial charge >= 0.3 is 0 Å². The highest BCUT2D eigenvalue weighted by molar-refractivity contribution is 5.07. The summed E-state index contributed by atoms with van der Waals surface area (Å²) in [4.78, 5) is 0. The Morgan fingerprint density at radius 3 is 2.50 bits per heavy atom. The van der Waals surface area contributed by atoms with Gasteiger partial charge in [0, 0.05) is 11.2 Å². The van der Waals surface area contributed by atoms with Crippen LogP contribution in [0.4, 0.5) is 0 Å². The molecule has 2 rings (SSSR count). The molecule has 0 aromatic carbocycles. The van der Waals surface area contributed by atoms with E-state index in [2.05, 4.69) is 25.7 Å². The average molecular weight is 165 g/mol. The van der Waals surface area contributed by atoms with Gasteiger partial charge in [-0.25, -0.2) is 0 Å². The second-order valence-electron chi connectivity index (χ2n) is 5.12. The van der Waals surface area contributed by atoms with E-state index in [1.807, 2.05) is 0 Å². The Morgan fingerprint density at radius 2 is 2.00 bits per heavy atom. The van der Waals surface area contributed by atoms with Crippen LogP contribution in [0, 0.1) is 11.8 Å². The molecule has 1 saturated heterocycles. The fourth-order valence-electron chi connectivity index (χ4n) is 2.53. The maximum atomic E-state index is 4.06. The van der Waals surface area contributed by atoms with Crippen LogP contribution in [0.3, 0.4) is 0 Å². The predicted molar refractivity (Wildman–Crippen MR) is 51.8 cm³/mol. The highest BCUT2D eigenvalue weighted by Gasteiger charge is 2.38. The summed E-state index contributed by atoms with van der Waals surface area (Å²) < 4.78 is 0. The predicted octanol–water partition coefficient (Wildman–Crippen LogP) is 2.69. The van der Waals surface area contributed by atoms with Crippen LogP contribution in [0.2, 0.25) is 0 Å². The second kappa shape index (κ2) is 2.51. The normalized spacial score (nSPS) is 34.5. The van der Waals surface area contributed by atoms with Crippen molar-refractivity contribution < 1.29 is 0 Å². The first-order chi connectivity index (χ1) is 5.57. The van der Waals surface area contributed by atoms with E-state index in [-0.39, 0.29) is 0 Å². The van der Waals surface area contributed by atoms with Gasteiger partial charge in [-0.15, -0.1) is 0 Å². The minimum atomic E-state index is 0.294. The minimum Gasteiger partial charge on any atom is -0.384 e. The van der Waals surface area contributed by atoms with E-state index < -0.39 is 0 Å². The van der Waals surface area contributed by atoms with Crippen LogP contribution < -0.4 is 5.32 Å². The van der Waals surface area contributed by atoms with E-state index in [0.717, 1.165) is 11.8 Å². The lowest BCUT2D eigenvalue weighted by Gasteiger charge is -2.38. The maximum Gasteiger partial charge on any atom is 0.0317 e. The summed E-state index contributed by atoms with van der Waals surface area (Å²) >= 11 is 0. The van der Waals surface area contributed by atoms with E-state index in [1.165, 1.54) is 31.4 Å². The molecular formula is C11H19N. The summed E-state index contributed by atoms with van der Waals surface area (Å²) in [5, 5.41) is 3.47. The molecule has 1 N–H and O–H groups in total. The van der Waals surface area contributed by atoms with Crippen LogP contribution in [0.15, 0.2) is 12.3 Å². The summed E-state index contributed by atoms with van der Waals surface area (Å²) in [5.74, 6) is 1.96. The highest BCUT2D eigenvalue weighted by atomic mass is 15.0. The third-order valence-electron chi connectivity index (χ3n) is 3.08. The van der Waals surface area contributed by atoms with Crippen LogP contribution in [0.25, 0.3) is 0 Å². The van der Waals surface area contributed by atoms with Crippen molar-refractivity contribution in [3.63, 3.8) is 0 Å². The van der Waals surface area contributed by atoms with Crippen LogP contribution in [-0.2, 0) is 0 Å².